The molecule has 2 fully saturated rings. The van der Waals surface area contributed by atoms with E-state index in [4.69, 9.17) is 9.47 Å². The van der Waals surface area contributed by atoms with E-state index in [2.05, 4.69) is 20.1 Å². The van der Waals surface area contributed by atoms with Gasteiger partial charge in [-0.15, -0.1) is 47.0 Å². The third-order valence-corrected chi connectivity index (χ3v) is 14.0. The summed E-state index contributed by atoms with van der Waals surface area (Å²) >= 11 is 11.9. The molecule has 0 saturated carbocycles. The first-order valence-corrected chi connectivity index (χ1v) is 15.5. The van der Waals surface area contributed by atoms with Gasteiger partial charge >= 0.3 is 11.9 Å². The Morgan fingerprint density at radius 2 is 1.52 bits per heavy atom. The average Bonchev–Trinajstić information content (AvgIpc) is 3.38. The van der Waals surface area contributed by atoms with Gasteiger partial charge in [0.25, 0.3) is 0 Å². The molecule has 0 bridgehead atoms. The van der Waals surface area contributed by atoms with Crippen LogP contribution in [0.5, 0.6) is 0 Å². The highest BCUT2D eigenvalue weighted by Gasteiger charge is 2.28. The van der Waals surface area contributed by atoms with Gasteiger partial charge in [0.15, 0.2) is 0 Å². The van der Waals surface area contributed by atoms with Gasteiger partial charge in [0.05, 0.1) is 9.16 Å². The number of esters is 2. The van der Waals surface area contributed by atoms with Crippen LogP contribution in [0.4, 0.5) is 0 Å². The minimum absolute atomic E-state index is 0.332. The molecule has 2 rings (SSSR count). The molecule has 0 spiro atoms. The van der Waals surface area contributed by atoms with E-state index in [0.717, 1.165) is 28.8 Å². The van der Waals surface area contributed by atoms with Crippen molar-refractivity contribution in [3.8, 4) is 0 Å². The van der Waals surface area contributed by atoms with Crippen LogP contribution in [0.3, 0.4) is 0 Å². The zero-order chi connectivity index (χ0) is 21.1. The lowest BCUT2D eigenvalue weighted by Crippen LogP contribution is -2.15. The van der Waals surface area contributed by atoms with E-state index in [-0.39, 0.29) is 11.9 Å². The SMILES string of the molecule is C=CC(=O)OCC1CSC(CSCC(C)SCC2SCC(COC(=O)C=C)S2)S1. The molecule has 0 radical (unpaired) electrons. The normalized spacial score (nSPS) is 27.3. The molecule has 2 aliphatic heterocycles. The zero-order valence-electron chi connectivity index (χ0n) is 16.5. The Morgan fingerprint density at radius 3 is 2.03 bits per heavy atom. The molecule has 5 unspecified atom stereocenters. The van der Waals surface area contributed by atoms with Crippen molar-refractivity contribution in [3.05, 3.63) is 25.3 Å². The maximum atomic E-state index is 11.2. The van der Waals surface area contributed by atoms with Crippen LogP contribution in [0.1, 0.15) is 6.92 Å². The van der Waals surface area contributed by atoms with Gasteiger partial charge in [-0.05, 0) is 0 Å². The first kappa shape index (κ1) is 25.8. The number of carbonyl (C=O) groups excluding carboxylic acids is 2. The summed E-state index contributed by atoms with van der Waals surface area (Å²) < 4.78 is 11.5. The summed E-state index contributed by atoms with van der Waals surface area (Å²) in [5.74, 6) is 4.85. The first-order valence-electron chi connectivity index (χ1n) is 9.32. The molecule has 0 amide bonds. The van der Waals surface area contributed by atoms with Gasteiger partial charge in [0.1, 0.15) is 13.2 Å². The molecule has 2 heterocycles. The second-order valence-corrected chi connectivity index (χ2v) is 15.0. The Bertz CT molecular complexity index is 561. The number of ether oxygens (including phenoxy) is 2. The van der Waals surface area contributed by atoms with E-state index >= 15 is 0 Å². The third kappa shape index (κ3) is 10.6. The zero-order valence-corrected chi connectivity index (χ0v) is 21.4. The van der Waals surface area contributed by atoms with Gasteiger partial charge in [-0.25, -0.2) is 9.59 Å². The fourth-order valence-electron chi connectivity index (χ4n) is 2.45. The second kappa shape index (κ2) is 14.6. The molecule has 0 aromatic rings. The van der Waals surface area contributed by atoms with Gasteiger partial charge in [0, 0.05) is 56.7 Å². The average molecular weight is 513 g/mol. The van der Waals surface area contributed by atoms with Crippen molar-refractivity contribution in [2.24, 2.45) is 0 Å². The molecule has 29 heavy (non-hydrogen) atoms. The Morgan fingerprint density at radius 1 is 1.00 bits per heavy atom. The van der Waals surface area contributed by atoms with Gasteiger partial charge in [-0.1, -0.05) is 20.1 Å². The topological polar surface area (TPSA) is 52.6 Å². The summed E-state index contributed by atoms with van der Waals surface area (Å²) in [6, 6.07) is 0. The summed E-state index contributed by atoms with van der Waals surface area (Å²) in [5, 5.41) is 1.42. The number of rotatable bonds is 13. The summed E-state index contributed by atoms with van der Waals surface area (Å²) in [6.45, 7) is 10.1. The number of hydrogen-bond donors (Lipinski definition) is 0. The van der Waals surface area contributed by atoms with E-state index in [9.17, 15) is 9.59 Å². The highest BCUT2D eigenvalue weighted by atomic mass is 32.2. The van der Waals surface area contributed by atoms with Gasteiger partial charge in [-0.2, -0.15) is 23.5 Å². The molecule has 2 saturated heterocycles. The molecular formula is C19H28O4S6. The molecule has 164 valence electrons. The molecule has 0 aliphatic carbocycles. The minimum atomic E-state index is -0.332. The second-order valence-electron chi connectivity index (χ2n) is 6.39. The third-order valence-electron chi connectivity index (χ3n) is 3.90. The van der Waals surface area contributed by atoms with Crippen LogP contribution in [0.2, 0.25) is 0 Å². The van der Waals surface area contributed by atoms with Crippen molar-refractivity contribution >= 4 is 82.5 Å². The Hall–Kier alpha value is 0.520. The van der Waals surface area contributed by atoms with Crippen LogP contribution < -0.4 is 0 Å². The predicted octanol–water partition coefficient (Wildman–Crippen LogP) is 4.65. The van der Waals surface area contributed by atoms with Crippen molar-refractivity contribution in [2.75, 3.05) is 42.0 Å². The summed E-state index contributed by atoms with van der Waals surface area (Å²) in [4.78, 5) is 22.3. The minimum Gasteiger partial charge on any atom is -0.461 e. The highest BCUT2D eigenvalue weighted by molar-refractivity contribution is 8.22. The number of thioether (sulfide) groups is 6. The Balaban J connectivity index is 1.50. The summed E-state index contributed by atoms with van der Waals surface area (Å²) in [7, 11) is 0. The Labute approximate surface area is 199 Å². The molecule has 0 aromatic carbocycles. The monoisotopic (exact) mass is 512 g/mol. The number of hydrogen-bond acceptors (Lipinski definition) is 10. The van der Waals surface area contributed by atoms with Crippen molar-refractivity contribution in [1.82, 2.24) is 0 Å². The van der Waals surface area contributed by atoms with Crippen LogP contribution in [0, 0.1) is 0 Å². The lowest BCUT2D eigenvalue weighted by Gasteiger charge is -2.15. The smallest absolute Gasteiger partial charge is 0.330 e. The highest BCUT2D eigenvalue weighted by Crippen LogP contribution is 2.41. The molecule has 5 atom stereocenters. The maximum Gasteiger partial charge on any atom is 0.330 e. The standard InChI is InChI=1S/C19H28O4S6/c1-4-16(20)22-6-14-9-26-18(28-14)11-24-8-13(3)25-12-19-27-10-15(29-19)7-23-17(21)5-2/h4-5,13-15,18-19H,1-2,6-12H2,3H3. The lowest BCUT2D eigenvalue weighted by atomic mass is 10.5. The lowest BCUT2D eigenvalue weighted by molar-refractivity contribution is -0.138. The van der Waals surface area contributed by atoms with Crippen molar-refractivity contribution in [1.29, 1.82) is 0 Å². The van der Waals surface area contributed by atoms with Crippen molar-refractivity contribution in [3.63, 3.8) is 0 Å². The molecule has 0 N–H and O–H groups in total. The largest absolute Gasteiger partial charge is 0.461 e. The Kier molecular flexibility index (Phi) is 12.9. The van der Waals surface area contributed by atoms with Crippen LogP contribution >= 0.6 is 70.6 Å². The van der Waals surface area contributed by atoms with E-state index < -0.39 is 0 Å². The molecule has 10 heteroatoms. The van der Waals surface area contributed by atoms with Gasteiger partial charge in [0.2, 0.25) is 0 Å². The van der Waals surface area contributed by atoms with E-state index in [1.807, 2.05) is 70.6 Å². The fraction of sp³-hybridized carbons (Fsp3) is 0.684. The summed E-state index contributed by atoms with van der Waals surface area (Å²) in [5.41, 5.74) is 0. The predicted molar refractivity (Wildman–Crippen MR) is 137 cm³/mol. The molecular weight excluding hydrogens is 485 g/mol. The molecule has 2 aliphatic rings. The van der Waals surface area contributed by atoms with Crippen molar-refractivity contribution < 1.29 is 19.1 Å². The van der Waals surface area contributed by atoms with Gasteiger partial charge < -0.3 is 9.47 Å². The van der Waals surface area contributed by atoms with Crippen LogP contribution in [0.25, 0.3) is 0 Å². The molecule has 0 aromatic heterocycles. The number of carbonyl (C=O) groups is 2. The first-order chi connectivity index (χ1) is 14.0. The van der Waals surface area contributed by atoms with Crippen LogP contribution in [0.15, 0.2) is 25.3 Å². The van der Waals surface area contributed by atoms with Crippen LogP contribution in [-0.4, -0.2) is 78.8 Å². The fourth-order valence-corrected chi connectivity index (χ4v) is 12.1. The summed E-state index contributed by atoms with van der Waals surface area (Å²) in [6.07, 6.45) is 2.44. The van der Waals surface area contributed by atoms with E-state index in [0.29, 0.717) is 38.1 Å². The maximum absolute atomic E-state index is 11.2. The quantitative estimate of drug-likeness (QED) is 0.257. The van der Waals surface area contributed by atoms with E-state index in [1.165, 1.54) is 12.2 Å². The van der Waals surface area contributed by atoms with Crippen molar-refractivity contribution in [2.45, 2.75) is 31.8 Å². The van der Waals surface area contributed by atoms with E-state index in [1.54, 1.807) is 0 Å². The molecule has 4 nitrogen and oxygen atoms in total. The van der Waals surface area contributed by atoms with Gasteiger partial charge in [-0.3, -0.25) is 0 Å². The van der Waals surface area contributed by atoms with Crippen LogP contribution in [-0.2, 0) is 19.1 Å².